The van der Waals surface area contributed by atoms with E-state index in [9.17, 15) is 19.5 Å². The molecule has 1 aromatic heterocycles. The Morgan fingerprint density at radius 2 is 1.87 bits per heavy atom. The molecule has 2 N–H and O–H groups in total. The van der Waals surface area contributed by atoms with Gasteiger partial charge >= 0.3 is 12.0 Å². The Bertz CT molecular complexity index is 727. The predicted molar refractivity (Wildman–Crippen MR) is 86.5 cm³/mol. The number of imide groups is 1. The van der Waals surface area contributed by atoms with Crippen LogP contribution in [0.4, 0.5) is 4.79 Å². The molecule has 0 radical (unpaired) electrons. The second-order valence-electron chi connectivity index (χ2n) is 4.98. The van der Waals surface area contributed by atoms with Crippen molar-refractivity contribution in [2.75, 3.05) is 7.05 Å². The Kier molecular flexibility index (Phi) is 5.13. The zero-order valence-corrected chi connectivity index (χ0v) is 13.5. The van der Waals surface area contributed by atoms with Crippen LogP contribution in [-0.4, -0.2) is 35.0 Å². The summed E-state index contributed by atoms with van der Waals surface area (Å²) >= 11 is 1.25. The van der Waals surface area contributed by atoms with Crippen LogP contribution >= 0.6 is 11.3 Å². The Morgan fingerprint density at radius 3 is 2.39 bits per heavy atom. The number of amides is 3. The SMILES string of the molecule is Cc1csc(C(NC(=O)N(C)C(=O)c2ccccc2)C(=O)O)c1. The van der Waals surface area contributed by atoms with E-state index in [1.165, 1.54) is 18.4 Å². The lowest BCUT2D eigenvalue weighted by molar-refractivity contribution is -0.139. The number of aryl methyl sites for hydroxylation is 1. The van der Waals surface area contributed by atoms with Crippen molar-refractivity contribution in [1.82, 2.24) is 10.2 Å². The number of benzene rings is 1. The number of nitrogens with zero attached hydrogens (tertiary/aromatic N) is 1. The lowest BCUT2D eigenvalue weighted by Crippen LogP contribution is -2.44. The number of nitrogens with one attached hydrogen (secondary N) is 1. The first kappa shape index (κ1) is 16.7. The van der Waals surface area contributed by atoms with Crippen LogP contribution in [0.5, 0.6) is 0 Å². The van der Waals surface area contributed by atoms with Gasteiger partial charge in [-0.1, -0.05) is 18.2 Å². The highest BCUT2D eigenvalue weighted by Crippen LogP contribution is 2.22. The predicted octanol–water partition coefficient (Wildman–Crippen LogP) is 2.66. The van der Waals surface area contributed by atoms with Gasteiger partial charge in [-0.05, 0) is 36.1 Å². The molecule has 120 valence electrons. The van der Waals surface area contributed by atoms with Gasteiger partial charge in [0.25, 0.3) is 5.91 Å². The standard InChI is InChI=1S/C16H16N2O4S/c1-10-8-12(23-9-10)13(15(20)21)17-16(22)18(2)14(19)11-6-4-3-5-7-11/h3-9,13H,1-2H3,(H,17,22)(H,20,21). The number of urea groups is 1. The molecule has 3 amide bonds. The highest BCUT2D eigenvalue weighted by Gasteiger charge is 2.27. The molecular weight excluding hydrogens is 316 g/mol. The number of hydrogen-bond donors (Lipinski definition) is 2. The monoisotopic (exact) mass is 332 g/mol. The van der Waals surface area contributed by atoms with Gasteiger partial charge in [-0.25, -0.2) is 9.59 Å². The van der Waals surface area contributed by atoms with E-state index in [0.29, 0.717) is 10.4 Å². The summed E-state index contributed by atoms with van der Waals surface area (Å²) in [6, 6.07) is 8.05. The Hall–Kier alpha value is -2.67. The number of aliphatic carboxylic acids is 1. The van der Waals surface area contributed by atoms with E-state index >= 15 is 0 Å². The largest absolute Gasteiger partial charge is 0.479 e. The van der Waals surface area contributed by atoms with Crippen molar-refractivity contribution in [2.45, 2.75) is 13.0 Å². The number of carboxylic acids is 1. The lowest BCUT2D eigenvalue weighted by atomic mass is 10.2. The molecular formula is C16H16N2O4S. The first-order valence-corrected chi connectivity index (χ1v) is 7.69. The minimum Gasteiger partial charge on any atom is -0.479 e. The topological polar surface area (TPSA) is 86.7 Å². The first-order valence-electron chi connectivity index (χ1n) is 6.81. The summed E-state index contributed by atoms with van der Waals surface area (Å²) < 4.78 is 0. The molecule has 1 unspecified atom stereocenters. The van der Waals surface area contributed by atoms with Gasteiger partial charge in [-0.2, -0.15) is 0 Å². The van der Waals surface area contributed by atoms with Crippen LogP contribution in [0.15, 0.2) is 41.8 Å². The minimum atomic E-state index is -1.19. The average Bonchev–Trinajstić information content (AvgIpc) is 2.97. The number of thiophene rings is 1. The Morgan fingerprint density at radius 1 is 1.22 bits per heavy atom. The van der Waals surface area contributed by atoms with E-state index in [1.54, 1.807) is 41.8 Å². The molecule has 2 rings (SSSR count). The molecule has 0 aliphatic carbocycles. The van der Waals surface area contributed by atoms with Crippen molar-refractivity contribution >= 4 is 29.2 Å². The van der Waals surface area contributed by atoms with Crippen molar-refractivity contribution in [1.29, 1.82) is 0 Å². The third-order valence-corrected chi connectivity index (χ3v) is 4.30. The van der Waals surface area contributed by atoms with Gasteiger partial charge in [0.15, 0.2) is 6.04 Å². The van der Waals surface area contributed by atoms with Crippen molar-refractivity contribution in [3.8, 4) is 0 Å². The van der Waals surface area contributed by atoms with Crippen LogP contribution in [0.3, 0.4) is 0 Å². The average molecular weight is 332 g/mol. The van der Waals surface area contributed by atoms with Gasteiger partial charge in [0.1, 0.15) is 0 Å². The molecule has 0 saturated heterocycles. The number of carboxylic acid groups (broad SMARTS) is 1. The molecule has 0 aliphatic rings. The quantitative estimate of drug-likeness (QED) is 0.901. The van der Waals surface area contributed by atoms with Crippen LogP contribution in [0.25, 0.3) is 0 Å². The van der Waals surface area contributed by atoms with Crippen molar-refractivity contribution in [3.63, 3.8) is 0 Å². The van der Waals surface area contributed by atoms with E-state index in [1.807, 2.05) is 6.92 Å². The molecule has 0 spiro atoms. The fraction of sp³-hybridized carbons (Fsp3) is 0.188. The van der Waals surface area contributed by atoms with Gasteiger partial charge in [0.05, 0.1) is 0 Å². The third-order valence-electron chi connectivity index (χ3n) is 3.18. The molecule has 1 atom stereocenters. The highest BCUT2D eigenvalue weighted by molar-refractivity contribution is 7.10. The van der Waals surface area contributed by atoms with Crippen molar-refractivity contribution < 1.29 is 19.5 Å². The van der Waals surface area contributed by atoms with E-state index in [0.717, 1.165) is 10.5 Å². The fourth-order valence-corrected chi connectivity index (χ4v) is 2.89. The van der Waals surface area contributed by atoms with Gasteiger partial charge in [0.2, 0.25) is 0 Å². The molecule has 6 nitrogen and oxygen atoms in total. The number of rotatable bonds is 4. The molecule has 0 aliphatic heterocycles. The molecule has 0 fully saturated rings. The van der Waals surface area contributed by atoms with E-state index < -0.39 is 23.9 Å². The second-order valence-corrected chi connectivity index (χ2v) is 5.92. The summed E-state index contributed by atoms with van der Waals surface area (Å²) in [4.78, 5) is 37.2. The van der Waals surface area contributed by atoms with E-state index in [2.05, 4.69) is 5.32 Å². The third kappa shape index (κ3) is 3.95. The highest BCUT2D eigenvalue weighted by atomic mass is 32.1. The maximum Gasteiger partial charge on any atom is 0.331 e. The second kappa shape index (κ2) is 7.06. The summed E-state index contributed by atoms with van der Waals surface area (Å²) in [5.41, 5.74) is 1.27. The van der Waals surface area contributed by atoms with E-state index in [4.69, 9.17) is 0 Å². The van der Waals surface area contributed by atoms with Crippen LogP contribution in [-0.2, 0) is 4.79 Å². The van der Waals surface area contributed by atoms with Crippen LogP contribution in [0.2, 0.25) is 0 Å². The van der Waals surface area contributed by atoms with Gasteiger partial charge in [0, 0.05) is 17.5 Å². The Balaban J connectivity index is 2.12. The summed E-state index contributed by atoms with van der Waals surface area (Å²) in [5.74, 6) is -1.68. The number of carbonyl (C=O) groups excluding carboxylic acids is 2. The van der Waals surface area contributed by atoms with Crippen LogP contribution in [0.1, 0.15) is 26.8 Å². The summed E-state index contributed by atoms with van der Waals surface area (Å²) in [7, 11) is 1.31. The molecule has 1 heterocycles. The molecule has 1 aromatic carbocycles. The lowest BCUT2D eigenvalue weighted by Gasteiger charge is -2.19. The summed E-state index contributed by atoms with van der Waals surface area (Å²) in [5, 5.41) is 13.5. The van der Waals surface area contributed by atoms with Crippen molar-refractivity contribution in [2.24, 2.45) is 0 Å². The summed E-state index contributed by atoms with van der Waals surface area (Å²) in [6.45, 7) is 1.84. The molecule has 23 heavy (non-hydrogen) atoms. The molecule has 0 bridgehead atoms. The smallest absolute Gasteiger partial charge is 0.331 e. The zero-order valence-electron chi connectivity index (χ0n) is 12.6. The van der Waals surface area contributed by atoms with E-state index in [-0.39, 0.29) is 0 Å². The summed E-state index contributed by atoms with van der Waals surface area (Å²) in [6.07, 6.45) is 0. The maximum atomic E-state index is 12.2. The minimum absolute atomic E-state index is 0.351. The molecule has 7 heteroatoms. The van der Waals surface area contributed by atoms with Crippen molar-refractivity contribution in [3.05, 3.63) is 57.8 Å². The molecule has 2 aromatic rings. The van der Waals surface area contributed by atoms with Gasteiger partial charge in [-0.15, -0.1) is 11.3 Å². The Labute approximate surface area is 137 Å². The molecule has 0 saturated carbocycles. The number of carbonyl (C=O) groups is 3. The maximum absolute atomic E-state index is 12.2. The van der Waals surface area contributed by atoms with Gasteiger partial charge in [-0.3, -0.25) is 9.69 Å². The fourth-order valence-electron chi connectivity index (χ4n) is 1.95. The normalized spacial score (nSPS) is 11.6. The van der Waals surface area contributed by atoms with Crippen LogP contribution < -0.4 is 5.32 Å². The van der Waals surface area contributed by atoms with Gasteiger partial charge < -0.3 is 10.4 Å². The number of hydrogen-bond acceptors (Lipinski definition) is 4. The van der Waals surface area contributed by atoms with Crippen LogP contribution in [0, 0.1) is 6.92 Å². The first-order chi connectivity index (χ1) is 10.9. The zero-order chi connectivity index (χ0) is 17.0.